The minimum Gasteiger partial charge on any atom is -0.372 e. The van der Waals surface area contributed by atoms with Crippen molar-refractivity contribution in [2.75, 3.05) is 17.1 Å². The van der Waals surface area contributed by atoms with Crippen LogP contribution in [0.2, 0.25) is 0 Å². The number of nitrogens with one attached hydrogen (secondary N) is 2. The van der Waals surface area contributed by atoms with E-state index in [0.717, 1.165) is 12.0 Å². The Bertz CT molecular complexity index is 682. The third-order valence-electron chi connectivity index (χ3n) is 2.91. The zero-order valence-corrected chi connectivity index (χ0v) is 12.2. The standard InChI is InChI=1S/C14H17N3O2S/c1-3-11-6-8-12(9-7-11)17-20(18,19)13-5-4-10-16-14(13)15-2/h4-10,17H,3H2,1-2H3,(H,15,16). The van der Waals surface area contributed by atoms with Crippen LogP contribution in [0.15, 0.2) is 47.5 Å². The van der Waals surface area contributed by atoms with Crippen molar-refractivity contribution in [1.82, 2.24) is 4.98 Å². The smallest absolute Gasteiger partial charge is 0.265 e. The van der Waals surface area contributed by atoms with Gasteiger partial charge in [-0.15, -0.1) is 0 Å². The molecule has 6 heteroatoms. The minimum absolute atomic E-state index is 0.127. The molecule has 0 fully saturated rings. The lowest BCUT2D eigenvalue weighted by Gasteiger charge is -2.11. The number of aryl methyl sites for hydroxylation is 1. The fourth-order valence-corrected chi connectivity index (χ4v) is 3.04. The van der Waals surface area contributed by atoms with Crippen LogP contribution in [0.3, 0.4) is 0 Å². The van der Waals surface area contributed by atoms with Crippen molar-refractivity contribution in [3.63, 3.8) is 0 Å². The summed E-state index contributed by atoms with van der Waals surface area (Å²) in [6.45, 7) is 2.05. The average Bonchev–Trinajstić information content (AvgIpc) is 2.47. The molecule has 0 amide bonds. The Morgan fingerprint density at radius 1 is 1.15 bits per heavy atom. The molecule has 0 spiro atoms. The van der Waals surface area contributed by atoms with E-state index in [0.29, 0.717) is 11.5 Å². The Balaban J connectivity index is 2.30. The van der Waals surface area contributed by atoms with E-state index >= 15 is 0 Å². The Kier molecular flexibility index (Phi) is 4.24. The molecule has 1 heterocycles. The molecule has 5 nitrogen and oxygen atoms in total. The summed E-state index contributed by atoms with van der Waals surface area (Å²) in [6.07, 6.45) is 2.46. The molecule has 106 valence electrons. The number of hydrogen-bond donors (Lipinski definition) is 2. The maximum atomic E-state index is 12.3. The van der Waals surface area contributed by atoms with Crippen LogP contribution in [-0.4, -0.2) is 20.4 Å². The largest absolute Gasteiger partial charge is 0.372 e. The van der Waals surface area contributed by atoms with Gasteiger partial charge >= 0.3 is 0 Å². The van der Waals surface area contributed by atoms with E-state index in [1.165, 1.54) is 6.07 Å². The van der Waals surface area contributed by atoms with Gasteiger partial charge in [0.25, 0.3) is 10.0 Å². The van der Waals surface area contributed by atoms with E-state index in [1.807, 2.05) is 19.1 Å². The first-order valence-corrected chi connectivity index (χ1v) is 7.79. The molecule has 0 atom stereocenters. The molecule has 1 aromatic carbocycles. The monoisotopic (exact) mass is 291 g/mol. The number of anilines is 2. The highest BCUT2D eigenvalue weighted by Gasteiger charge is 2.18. The number of pyridine rings is 1. The SMILES string of the molecule is CCc1ccc(NS(=O)(=O)c2cccnc2NC)cc1. The lowest BCUT2D eigenvalue weighted by Crippen LogP contribution is -2.15. The van der Waals surface area contributed by atoms with Gasteiger partial charge in [-0.25, -0.2) is 13.4 Å². The molecule has 0 saturated heterocycles. The van der Waals surface area contributed by atoms with Crippen molar-refractivity contribution in [2.45, 2.75) is 18.2 Å². The number of hydrogen-bond acceptors (Lipinski definition) is 4. The van der Waals surface area contributed by atoms with Crippen molar-refractivity contribution in [3.05, 3.63) is 48.2 Å². The van der Waals surface area contributed by atoms with E-state index in [4.69, 9.17) is 0 Å². The first kappa shape index (κ1) is 14.3. The molecule has 0 aliphatic carbocycles. The van der Waals surface area contributed by atoms with Gasteiger partial charge in [-0.3, -0.25) is 4.72 Å². The summed E-state index contributed by atoms with van der Waals surface area (Å²) in [7, 11) is -2.01. The van der Waals surface area contributed by atoms with Crippen molar-refractivity contribution in [2.24, 2.45) is 0 Å². The van der Waals surface area contributed by atoms with Crippen molar-refractivity contribution in [3.8, 4) is 0 Å². The van der Waals surface area contributed by atoms with Crippen LogP contribution >= 0.6 is 0 Å². The Hall–Kier alpha value is -2.08. The van der Waals surface area contributed by atoms with Crippen LogP contribution in [0, 0.1) is 0 Å². The predicted octanol–water partition coefficient (Wildman–Crippen LogP) is 2.49. The zero-order chi connectivity index (χ0) is 14.6. The van der Waals surface area contributed by atoms with Crippen LogP contribution in [-0.2, 0) is 16.4 Å². The number of sulfonamides is 1. The first-order valence-electron chi connectivity index (χ1n) is 6.31. The van der Waals surface area contributed by atoms with Crippen molar-refractivity contribution in [1.29, 1.82) is 0 Å². The summed E-state index contributed by atoms with van der Waals surface area (Å²) < 4.78 is 27.2. The van der Waals surface area contributed by atoms with Crippen LogP contribution in [0.5, 0.6) is 0 Å². The minimum atomic E-state index is -3.65. The van der Waals surface area contributed by atoms with Gasteiger partial charge in [-0.1, -0.05) is 19.1 Å². The van der Waals surface area contributed by atoms with E-state index in [1.54, 1.807) is 31.4 Å². The lowest BCUT2D eigenvalue weighted by atomic mass is 10.2. The molecule has 1 aromatic heterocycles. The van der Waals surface area contributed by atoms with E-state index in [9.17, 15) is 8.42 Å². The third kappa shape index (κ3) is 3.08. The summed E-state index contributed by atoms with van der Waals surface area (Å²) in [6, 6.07) is 10.4. The lowest BCUT2D eigenvalue weighted by molar-refractivity contribution is 0.601. The fourth-order valence-electron chi connectivity index (χ4n) is 1.81. The van der Waals surface area contributed by atoms with E-state index < -0.39 is 10.0 Å². The van der Waals surface area contributed by atoms with Gasteiger partial charge in [0.15, 0.2) is 0 Å². The van der Waals surface area contributed by atoms with Crippen LogP contribution in [0.25, 0.3) is 0 Å². The van der Waals surface area contributed by atoms with Crippen LogP contribution < -0.4 is 10.0 Å². The summed E-state index contributed by atoms with van der Waals surface area (Å²) in [5.41, 5.74) is 1.69. The number of benzene rings is 1. The molecule has 0 radical (unpaired) electrons. The molecule has 20 heavy (non-hydrogen) atoms. The fraction of sp³-hybridized carbons (Fsp3) is 0.214. The molecular formula is C14H17N3O2S. The Morgan fingerprint density at radius 3 is 2.45 bits per heavy atom. The van der Waals surface area contributed by atoms with Crippen LogP contribution in [0.4, 0.5) is 11.5 Å². The quantitative estimate of drug-likeness (QED) is 0.888. The maximum Gasteiger partial charge on any atom is 0.265 e. The highest BCUT2D eigenvalue weighted by Crippen LogP contribution is 2.21. The summed E-state index contributed by atoms with van der Waals surface area (Å²) in [4.78, 5) is 4.13. The normalized spacial score (nSPS) is 11.1. The van der Waals surface area contributed by atoms with Gasteiger partial charge in [-0.2, -0.15) is 0 Å². The van der Waals surface area contributed by atoms with Crippen molar-refractivity contribution >= 4 is 21.5 Å². The Morgan fingerprint density at radius 2 is 1.85 bits per heavy atom. The molecule has 0 bridgehead atoms. The number of rotatable bonds is 5. The number of nitrogens with zero attached hydrogens (tertiary/aromatic N) is 1. The predicted molar refractivity (Wildman–Crippen MR) is 80.4 cm³/mol. The van der Waals surface area contributed by atoms with Gasteiger partial charge in [0, 0.05) is 18.9 Å². The second kappa shape index (κ2) is 5.92. The van der Waals surface area contributed by atoms with Gasteiger partial charge in [-0.05, 0) is 36.2 Å². The molecule has 2 aromatic rings. The topological polar surface area (TPSA) is 71.1 Å². The second-order valence-corrected chi connectivity index (χ2v) is 5.91. The molecule has 0 saturated carbocycles. The Labute approximate surface area is 119 Å². The number of aromatic nitrogens is 1. The average molecular weight is 291 g/mol. The highest BCUT2D eigenvalue weighted by atomic mass is 32.2. The molecule has 0 aliphatic rings. The molecule has 2 N–H and O–H groups in total. The third-order valence-corrected chi connectivity index (χ3v) is 4.32. The highest BCUT2D eigenvalue weighted by molar-refractivity contribution is 7.92. The van der Waals surface area contributed by atoms with Crippen molar-refractivity contribution < 1.29 is 8.42 Å². The summed E-state index contributed by atoms with van der Waals surface area (Å²) in [5, 5.41) is 2.78. The molecular weight excluding hydrogens is 274 g/mol. The van der Waals surface area contributed by atoms with Gasteiger partial charge in [0.1, 0.15) is 10.7 Å². The molecule has 0 aliphatic heterocycles. The van der Waals surface area contributed by atoms with E-state index in [-0.39, 0.29) is 4.90 Å². The second-order valence-electron chi connectivity index (χ2n) is 4.26. The first-order chi connectivity index (χ1) is 9.56. The van der Waals surface area contributed by atoms with Gasteiger partial charge < -0.3 is 5.32 Å². The maximum absolute atomic E-state index is 12.3. The molecule has 0 unspecified atom stereocenters. The summed E-state index contributed by atoms with van der Waals surface area (Å²) in [5.74, 6) is 0.324. The molecule has 2 rings (SSSR count). The van der Waals surface area contributed by atoms with E-state index in [2.05, 4.69) is 15.0 Å². The van der Waals surface area contributed by atoms with Gasteiger partial charge in [0.2, 0.25) is 0 Å². The van der Waals surface area contributed by atoms with Gasteiger partial charge in [0.05, 0.1) is 0 Å². The zero-order valence-electron chi connectivity index (χ0n) is 11.4. The summed E-state index contributed by atoms with van der Waals surface area (Å²) >= 11 is 0. The van der Waals surface area contributed by atoms with Crippen LogP contribution in [0.1, 0.15) is 12.5 Å².